The molecule has 1 saturated heterocycles. The summed E-state index contributed by atoms with van der Waals surface area (Å²) in [5.41, 5.74) is 12.4. The summed E-state index contributed by atoms with van der Waals surface area (Å²) < 4.78 is 0. The zero-order valence-electron chi connectivity index (χ0n) is 25.4. The van der Waals surface area contributed by atoms with Crippen molar-refractivity contribution in [2.75, 3.05) is 43.4 Å². The molecule has 1 aliphatic heterocycles. The lowest BCUT2D eigenvalue weighted by molar-refractivity contribution is -0.136. The molecule has 2 saturated carbocycles. The molecule has 7 heteroatoms. The van der Waals surface area contributed by atoms with E-state index in [0.717, 1.165) is 98.3 Å². The highest BCUT2D eigenvalue weighted by Gasteiger charge is 2.37. The number of rotatable bonds is 9. The summed E-state index contributed by atoms with van der Waals surface area (Å²) in [5, 5.41) is 3.25. The van der Waals surface area contributed by atoms with Crippen LogP contribution in [0.25, 0.3) is 11.1 Å². The maximum atomic E-state index is 13.4. The Hall–Kier alpha value is -3.68. The molecular weight excluding hydrogens is 534 g/mol. The second kappa shape index (κ2) is 13.3. The van der Waals surface area contributed by atoms with Crippen molar-refractivity contribution >= 4 is 23.2 Å². The zero-order valence-corrected chi connectivity index (χ0v) is 25.4. The number of nitrogens with zero attached hydrogens (tertiary/aromatic N) is 3. The lowest BCUT2D eigenvalue weighted by Gasteiger charge is -2.36. The number of nitrogens with two attached hydrogens (primary N) is 1. The van der Waals surface area contributed by atoms with Gasteiger partial charge in [0.25, 0.3) is 0 Å². The molecule has 3 aromatic carbocycles. The summed E-state index contributed by atoms with van der Waals surface area (Å²) in [6.45, 7) is 4.45. The monoisotopic (exact) mass is 579 g/mol. The lowest BCUT2D eigenvalue weighted by Crippen LogP contribution is -2.44. The number of nitrogens with one attached hydrogen (secondary N) is 1. The minimum atomic E-state index is -0.0195. The van der Waals surface area contributed by atoms with Gasteiger partial charge in [-0.15, -0.1) is 0 Å². The van der Waals surface area contributed by atoms with Gasteiger partial charge in [-0.05, 0) is 86.0 Å². The topological polar surface area (TPSA) is 81.9 Å². The Kier molecular flexibility index (Phi) is 9.10. The van der Waals surface area contributed by atoms with E-state index >= 15 is 0 Å². The predicted octanol–water partition coefficient (Wildman–Crippen LogP) is 5.30. The van der Waals surface area contributed by atoms with E-state index < -0.39 is 0 Å². The molecule has 43 heavy (non-hydrogen) atoms. The van der Waals surface area contributed by atoms with Gasteiger partial charge in [0.2, 0.25) is 11.8 Å². The average molecular weight is 580 g/mol. The minimum absolute atomic E-state index is 0.0195. The van der Waals surface area contributed by atoms with Crippen LogP contribution in [-0.2, 0) is 22.6 Å². The highest BCUT2D eigenvalue weighted by Crippen LogP contribution is 2.36. The van der Waals surface area contributed by atoms with Gasteiger partial charge in [0.1, 0.15) is 0 Å². The van der Waals surface area contributed by atoms with E-state index in [0.29, 0.717) is 18.9 Å². The molecule has 0 spiro atoms. The van der Waals surface area contributed by atoms with Crippen LogP contribution in [0.5, 0.6) is 0 Å². The molecule has 2 aliphatic carbocycles. The van der Waals surface area contributed by atoms with Crippen molar-refractivity contribution in [1.82, 2.24) is 9.80 Å². The number of carbonyl (C=O) groups is 2. The molecule has 0 atom stereocenters. The van der Waals surface area contributed by atoms with Crippen LogP contribution >= 0.6 is 0 Å². The molecule has 6 rings (SSSR count). The molecule has 3 aromatic rings. The third kappa shape index (κ3) is 7.46. The van der Waals surface area contributed by atoms with Crippen molar-refractivity contribution in [3.05, 3.63) is 83.9 Å². The highest BCUT2D eigenvalue weighted by atomic mass is 16.2. The number of carbonyl (C=O) groups excluding carboxylic acids is 2. The van der Waals surface area contributed by atoms with E-state index in [9.17, 15) is 9.59 Å². The average Bonchev–Trinajstić information content (AvgIpc) is 3.87. The van der Waals surface area contributed by atoms with Gasteiger partial charge in [-0.1, -0.05) is 54.6 Å². The van der Waals surface area contributed by atoms with E-state index in [-0.39, 0.29) is 23.9 Å². The maximum absolute atomic E-state index is 13.4. The van der Waals surface area contributed by atoms with Gasteiger partial charge in [0.05, 0.1) is 17.8 Å². The molecule has 226 valence electrons. The number of benzene rings is 3. The molecule has 7 nitrogen and oxygen atoms in total. The molecule has 3 N–H and O–H groups in total. The summed E-state index contributed by atoms with van der Waals surface area (Å²) in [6, 6.07) is 25.4. The van der Waals surface area contributed by atoms with Crippen LogP contribution in [0.15, 0.2) is 72.8 Å². The Morgan fingerprint density at radius 1 is 0.814 bits per heavy atom. The number of hydrogen-bond donors (Lipinski definition) is 2. The van der Waals surface area contributed by atoms with Crippen molar-refractivity contribution in [3.8, 4) is 11.1 Å². The van der Waals surface area contributed by atoms with E-state index in [1.165, 1.54) is 0 Å². The molecule has 1 heterocycles. The maximum Gasteiger partial charge on any atom is 0.228 e. The molecule has 0 aromatic heterocycles. The van der Waals surface area contributed by atoms with E-state index in [4.69, 9.17) is 5.73 Å². The Morgan fingerprint density at radius 3 is 2.23 bits per heavy atom. The summed E-state index contributed by atoms with van der Waals surface area (Å²) >= 11 is 0. The molecular formula is C36H45N5O2. The molecule has 0 radical (unpaired) electrons. The minimum Gasteiger partial charge on any atom is -0.367 e. The number of anilines is 2. The van der Waals surface area contributed by atoms with Crippen LogP contribution < -0.4 is 16.0 Å². The standard InChI is InChI=1S/C36H45N5O2/c1-39-18-20-40(21-19-39)34-17-12-30(24-33(34)38-35(42)23-26-6-3-2-4-7-26)29-9-5-8-27(22-29)25-41(36(43)28-10-11-28)32-15-13-31(37)14-16-32/h2-9,12,17,22,24,28,31-32H,10-11,13-16,18-21,23,25,37H2,1H3,(H,38,42). The first kappa shape index (κ1) is 29.4. The van der Waals surface area contributed by atoms with E-state index in [1.54, 1.807) is 0 Å². The fraction of sp³-hybridized carbons (Fsp3) is 0.444. The number of hydrogen-bond acceptors (Lipinski definition) is 5. The summed E-state index contributed by atoms with van der Waals surface area (Å²) in [6.07, 6.45) is 6.30. The summed E-state index contributed by atoms with van der Waals surface area (Å²) in [5.74, 6) is 0.489. The fourth-order valence-corrected chi connectivity index (χ4v) is 6.53. The largest absolute Gasteiger partial charge is 0.367 e. The van der Waals surface area contributed by atoms with Gasteiger partial charge in [0.15, 0.2) is 0 Å². The Balaban J connectivity index is 1.25. The summed E-state index contributed by atoms with van der Waals surface area (Å²) in [7, 11) is 2.15. The Bertz CT molecular complexity index is 1410. The van der Waals surface area contributed by atoms with Crippen LogP contribution in [0.3, 0.4) is 0 Å². The van der Waals surface area contributed by atoms with Gasteiger partial charge in [-0.3, -0.25) is 9.59 Å². The molecule has 3 fully saturated rings. The van der Waals surface area contributed by atoms with Gasteiger partial charge >= 0.3 is 0 Å². The lowest BCUT2D eigenvalue weighted by atomic mass is 9.90. The van der Waals surface area contributed by atoms with Crippen molar-refractivity contribution < 1.29 is 9.59 Å². The van der Waals surface area contributed by atoms with Crippen LogP contribution in [0, 0.1) is 5.92 Å². The van der Waals surface area contributed by atoms with Crippen molar-refractivity contribution in [2.24, 2.45) is 11.7 Å². The predicted molar refractivity (Wildman–Crippen MR) is 174 cm³/mol. The van der Waals surface area contributed by atoms with Crippen LogP contribution in [0.1, 0.15) is 49.7 Å². The van der Waals surface area contributed by atoms with E-state index in [1.807, 2.05) is 30.3 Å². The van der Waals surface area contributed by atoms with Crippen LogP contribution in [0.2, 0.25) is 0 Å². The van der Waals surface area contributed by atoms with Crippen molar-refractivity contribution in [1.29, 1.82) is 0 Å². The van der Waals surface area contributed by atoms with Crippen molar-refractivity contribution in [3.63, 3.8) is 0 Å². The fourth-order valence-electron chi connectivity index (χ4n) is 6.53. The first-order chi connectivity index (χ1) is 20.9. The smallest absolute Gasteiger partial charge is 0.228 e. The third-order valence-electron chi connectivity index (χ3n) is 9.33. The first-order valence-electron chi connectivity index (χ1n) is 16.0. The second-order valence-corrected chi connectivity index (χ2v) is 12.7. The second-order valence-electron chi connectivity index (χ2n) is 12.7. The normalized spacial score (nSPS) is 20.9. The SMILES string of the molecule is CN1CCN(c2ccc(-c3cccc(CN(C(=O)C4CC4)C4CCC(N)CC4)c3)cc2NC(=O)Cc2ccccc2)CC1. The zero-order chi connectivity index (χ0) is 29.8. The number of likely N-dealkylation sites (N-methyl/N-ethyl adjacent to an activating group) is 1. The first-order valence-corrected chi connectivity index (χ1v) is 16.0. The quantitative estimate of drug-likeness (QED) is 0.360. The van der Waals surface area contributed by atoms with Gasteiger partial charge in [-0.25, -0.2) is 0 Å². The van der Waals surface area contributed by atoms with Gasteiger partial charge in [0, 0.05) is 50.7 Å². The van der Waals surface area contributed by atoms with Crippen LogP contribution in [-0.4, -0.2) is 66.9 Å². The highest BCUT2D eigenvalue weighted by molar-refractivity contribution is 5.96. The van der Waals surface area contributed by atoms with Crippen LogP contribution in [0.4, 0.5) is 11.4 Å². The molecule has 0 bridgehead atoms. The molecule has 2 amide bonds. The number of piperazine rings is 1. The van der Waals surface area contributed by atoms with Gasteiger partial charge in [-0.2, -0.15) is 0 Å². The third-order valence-corrected chi connectivity index (χ3v) is 9.33. The van der Waals surface area contributed by atoms with Crippen molar-refractivity contribution in [2.45, 2.75) is 63.6 Å². The molecule has 3 aliphatic rings. The van der Waals surface area contributed by atoms with E-state index in [2.05, 4.69) is 69.5 Å². The number of amides is 2. The Labute approximate surface area is 256 Å². The molecule has 0 unspecified atom stereocenters. The summed E-state index contributed by atoms with van der Waals surface area (Å²) in [4.78, 5) is 33.4. The van der Waals surface area contributed by atoms with Gasteiger partial charge < -0.3 is 25.8 Å². The Morgan fingerprint density at radius 2 is 1.51 bits per heavy atom.